The van der Waals surface area contributed by atoms with Crippen LogP contribution in [-0.2, 0) is 22.4 Å². The first-order valence-corrected chi connectivity index (χ1v) is 15.4. The van der Waals surface area contributed by atoms with Gasteiger partial charge in [0.1, 0.15) is 5.75 Å². The number of hydrogen-bond acceptors (Lipinski definition) is 7. The second kappa shape index (κ2) is 15.6. The van der Waals surface area contributed by atoms with Crippen LogP contribution < -0.4 is 15.6 Å². The molecule has 1 aliphatic rings. The minimum Gasteiger partial charge on any atom is -0.494 e. The first-order valence-electron chi connectivity index (χ1n) is 14.7. The summed E-state index contributed by atoms with van der Waals surface area (Å²) in [6.07, 6.45) is 0.285. The van der Waals surface area contributed by atoms with Crippen LogP contribution >= 0.6 is 23.2 Å². The second-order valence-corrected chi connectivity index (χ2v) is 11.4. The number of carbonyl (C=O) groups is 1. The van der Waals surface area contributed by atoms with Crippen molar-refractivity contribution in [3.05, 3.63) is 140 Å². The number of hydrazine groups is 1. The molecule has 10 nitrogen and oxygen atoms in total. The van der Waals surface area contributed by atoms with Crippen LogP contribution in [0.5, 0.6) is 5.75 Å². The predicted octanol–water partition coefficient (Wildman–Crippen LogP) is 7.06. The van der Waals surface area contributed by atoms with E-state index in [1.807, 2.05) is 36.4 Å². The van der Waals surface area contributed by atoms with Crippen LogP contribution in [0.15, 0.2) is 107 Å². The number of carbonyl (C=O) groups excluding carboxylic acids is 1. The van der Waals surface area contributed by atoms with Gasteiger partial charge in [0.2, 0.25) is 5.90 Å². The zero-order chi connectivity index (χ0) is 32.4. The number of halogens is 2. The molecule has 0 saturated carbocycles. The Bertz CT molecular complexity index is 1730. The summed E-state index contributed by atoms with van der Waals surface area (Å²) in [5, 5.41) is 14.0. The molecule has 0 aromatic heterocycles. The molecule has 2 atom stereocenters. The highest BCUT2D eigenvalue weighted by Gasteiger charge is 2.54. The molecule has 12 heteroatoms. The molecule has 4 aromatic rings. The van der Waals surface area contributed by atoms with E-state index < -0.39 is 17.6 Å². The molecule has 1 heterocycles. The summed E-state index contributed by atoms with van der Waals surface area (Å²) in [6.45, 7) is 0.795. The van der Waals surface area contributed by atoms with Crippen molar-refractivity contribution in [1.29, 1.82) is 0 Å². The Morgan fingerprint density at radius 1 is 1.04 bits per heavy atom. The molecular formula is C34H32Cl2N6O4. The fraction of sp³-hybridized carbons (Fsp3) is 0.235. The molecule has 0 spiro atoms. The number of nitrogens with one attached hydrogen (secondary N) is 2. The largest absolute Gasteiger partial charge is 0.494 e. The third-order valence-electron chi connectivity index (χ3n) is 7.45. The van der Waals surface area contributed by atoms with Crippen molar-refractivity contribution in [2.45, 2.75) is 30.9 Å². The molecule has 1 amide bonds. The fourth-order valence-electron chi connectivity index (χ4n) is 5.19. The Morgan fingerprint density at radius 3 is 2.54 bits per heavy atom. The maximum absolute atomic E-state index is 14.4. The van der Waals surface area contributed by atoms with E-state index in [0.717, 1.165) is 11.1 Å². The van der Waals surface area contributed by atoms with Crippen LogP contribution in [0.2, 0.25) is 10.0 Å². The number of azide groups is 1. The quantitative estimate of drug-likeness (QED) is 0.0437. The summed E-state index contributed by atoms with van der Waals surface area (Å²) in [5.74, 6) is 0.444. The highest BCUT2D eigenvalue weighted by atomic mass is 35.5. The molecule has 3 N–H and O–H groups in total. The van der Waals surface area contributed by atoms with E-state index in [4.69, 9.17) is 42.8 Å². The zero-order valence-electron chi connectivity index (χ0n) is 24.8. The maximum atomic E-state index is 14.4. The first-order chi connectivity index (χ1) is 22.4. The molecule has 0 saturated heterocycles. The number of aliphatic hydroxyl groups is 1. The Balaban J connectivity index is 1.50. The lowest BCUT2D eigenvalue weighted by Crippen LogP contribution is -2.54. The summed E-state index contributed by atoms with van der Waals surface area (Å²) in [5.41, 5.74) is 16.9. The van der Waals surface area contributed by atoms with Crippen LogP contribution in [0.4, 0.5) is 5.69 Å². The van der Waals surface area contributed by atoms with Gasteiger partial charge in [-0.3, -0.25) is 10.2 Å². The Hall–Kier alpha value is -4.57. The molecular weight excluding hydrogens is 627 g/mol. The van der Waals surface area contributed by atoms with Crippen molar-refractivity contribution in [3.8, 4) is 5.75 Å². The van der Waals surface area contributed by atoms with Gasteiger partial charge in [0, 0.05) is 57.8 Å². The number of rotatable bonds is 14. The maximum Gasteiger partial charge on any atom is 0.266 e. The van der Waals surface area contributed by atoms with Crippen molar-refractivity contribution in [3.63, 3.8) is 0 Å². The molecule has 0 aliphatic carbocycles. The van der Waals surface area contributed by atoms with E-state index in [1.54, 1.807) is 60.7 Å². The van der Waals surface area contributed by atoms with Gasteiger partial charge >= 0.3 is 0 Å². The number of hydrogen-bond donors (Lipinski definition) is 3. The second-order valence-electron chi connectivity index (χ2n) is 10.6. The molecule has 0 fully saturated rings. The normalized spacial score (nSPS) is 17.0. The number of aliphatic hydroxyl groups excluding tert-OH is 1. The molecule has 0 bridgehead atoms. The lowest BCUT2D eigenvalue weighted by molar-refractivity contribution is -0.130. The summed E-state index contributed by atoms with van der Waals surface area (Å²) < 4.78 is 12.2. The van der Waals surface area contributed by atoms with E-state index in [2.05, 4.69) is 20.9 Å². The minimum absolute atomic E-state index is 0.0384. The van der Waals surface area contributed by atoms with E-state index in [0.29, 0.717) is 58.6 Å². The number of ether oxygens (including phenoxy) is 2. The smallest absolute Gasteiger partial charge is 0.266 e. The fourth-order valence-corrected chi connectivity index (χ4v) is 5.69. The number of aliphatic imine (C=N–C) groups is 1. The number of nitrogens with zero attached hydrogens (tertiary/aromatic N) is 4. The van der Waals surface area contributed by atoms with Gasteiger partial charge in [-0.05, 0) is 59.5 Å². The monoisotopic (exact) mass is 658 g/mol. The number of benzene rings is 4. The van der Waals surface area contributed by atoms with Crippen molar-refractivity contribution in [2.24, 2.45) is 10.1 Å². The van der Waals surface area contributed by atoms with Crippen LogP contribution in [0.25, 0.3) is 10.4 Å². The standard InChI is InChI=1S/C34H32Cl2N6O4/c35-26-14-11-24(29(36)21-26)17-18-38-41-33(44)34(22-23-7-2-1-3-8-23)31(28-9-4-5-10-30(28)40-42-37)46-32(39-34)25-12-15-27(16-13-25)45-20-6-19-43/h1-5,7-16,21,31,38,43H,6,17-20,22H2,(H,41,44)/t31-,34-/m0/s1. The van der Waals surface area contributed by atoms with Crippen LogP contribution in [0, 0.1) is 0 Å². The molecule has 1 aliphatic heterocycles. The van der Waals surface area contributed by atoms with E-state index in [-0.39, 0.29) is 18.9 Å². The van der Waals surface area contributed by atoms with Gasteiger partial charge in [-0.25, -0.2) is 10.4 Å². The minimum atomic E-state index is -1.50. The van der Waals surface area contributed by atoms with E-state index >= 15 is 0 Å². The van der Waals surface area contributed by atoms with Gasteiger partial charge in [0.05, 0.1) is 6.61 Å². The van der Waals surface area contributed by atoms with E-state index in [1.165, 1.54) is 0 Å². The van der Waals surface area contributed by atoms with E-state index in [9.17, 15) is 10.3 Å². The SMILES string of the molecule is [N-]=[N+]=Nc1ccccc1[C@@H]1OC(c2ccc(OCCCO)cc2)=N[C@]1(Cc1ccccc1)C(=O)NNCCc1ccc(Cl)cc1Cl. The molecule has 4 aromatic carbocycles. The summed E-state index contributed by atoms with van der Waals surface area (Å²) in [7, 11) is 0. The van der Waals surface area contributed by atoms with Crippen LogP contribution in [-0.4, -0.2) is 42.2 Å². The van der Waals surface area contributed by atoms with Crippen molar-refractivity contribution >= 4 is 40.7 Å². The van der Waals surface area contributed by atoms with Gasteiger partial charge in [-0.2, -0.15) is 0 Å². The average molecular weight is 660 g/mol. The molecule has 236 valence electrons. The predicted molar refractivity (Wildman–Crippen MR) is 178 cm³/mol. The van der Waals surface area contributed by atoms with Gasteiger partial charge in [0.25, 0.3) is 5.91 Å². The van der Waals surface area contributed by atoms with Gasteiger partial charge in [0.15, 0.2) is 11.6 Å². The lowest BCUT2D eigenvalue weighted by atomic mass is 9.81. The van der Waals surface area contributed by atoms with Gasteiger partial charge in [-0.1, -0.05) is 89.0 Å². The summed E-state index contributed by atoms with van der Waals surface area (Å²) >= 11 is 12.4. The molecule has 0 unspecified atom stereocenters. The Labute approximate surface area is 276 Å². The summed E-state index contributed by atoms with van der Waals surface area (Å²) in [6, 6.07) is 29.0. The Kier molecular flexibility index (Phi) is 11.1. The highest BCUT2D eigenvalue weighted by Crippen LogP contribution is 2.45. The topological polar surface area (TPSA) is 141 Å². The molecule has 46 heavy (non-hydrogen) atoms. The van der Waals surface area contributed by atoms with Gasteiger partial charge in [-0.15, -0.1) is 0 Å². The van der Waals surface area contributed by atoms with Crippen molar-refractivity contribution < 1.29 is 19.4 Å². The lowest BCUT2D eigenvalue weighted by Gasteiger charge is -2.31. The van der Waals surface area contributed by atoms with Crippen LogP contribution in [0.1, 0.15) is 34.8 Å². The molecule has 5 rings (SSSR count). The zero-order valence-corrected chi connectivity index (χ0v) is 26.3. The first kappa shape index (κ1) is 32.8. The average Bonchev–Trinajstić information content (AvgIpc) is 3.45. The highest BCUT2D eigenvalue weighted by molar-refractivity contribution is 6.35. The van der Waals surface area contributed by atoms with Crippen molar-refractivity contribution in [1.82, 2.24) is 10.9 Å². The Morgan fingerprint density at radius 2 is 1.80 bits per heavy atom. The summed E-state index contributed by atoms with van der Waals surface area (Å²) in [4.78, 5) is 22.4. The third kappa shape index (κ3) is 7.80. The van der Waals surface area contributed by atoms with Crippen LogP contribution in [0.3, 0.4) is 0 Å². The third-order valence-corrected chi connectivity index (χ3v) is 8.04. The van der Waals surface area contributed by atoms with Crippen molar-refractivity contribution in [2.75, 3.05) is 19.8 Å². The molecule has 0 radical (unpaired) electrons. The van der Waals surface area contributed by atoms with Gasteiger partial charge < -0.3 is 14.6 Å². The number of amides is 1.